The van der Waals surface area contributed by atoms with Gasteiger partial charge in [-0.05, 0) is 59.7 Å². The van der Waals surface area contributed by atoms with E-state index in [1.54, 1.807) is 30.4 Å². The number of benzene rings is 3. The van der Waals surface area contributed by atoms with Gasteiger partial charge in [0.15, 0.2) is 5.13 Å². The number of amides is 1. The van der Waals surface area contributed by atoms with Gasteiger partial charge >= 0.3 is 5.97 Å². The zero-order chi connectivity index (χ0) is 28.1. The van der Waals surface area contributed by atoms with Gasteiger partial charge in [-0.1, -0.05) is 75.2 Å². The van der Waals surface area contributed by atoms with Crippen LogP contribution in [-0.4, -0.2) is 29.0 Å². The molecule has 1 aromatic heterocycles. The topological polar surface area (TPSA) is 73.7 Å². The summed E-state index contributed by atoms with van der Waals surface area (Å²) in [7, 11) is 1.97. The van der Waals surface area contributed by atoms with Crippen molar-refractivity contribution in [1.29, 1.82) is 0 Å². The Kier molecular flexibility index (Phi) is 9.95. The van der Waals surface area contributed by atoms with Crippen LogP contribution in [0.2, 0.25) is 0 Å². The number of hydrogen-bond donors (Lipinski definition) is 1. The van der Waals surface area contributed by atoms with E-state index in [2.05, 4.69) is 24.3 Å². The largest absolute Gasteiger partial charge is 0.478 e. The van der Waals surface area contributed by atoms with Gasteiger partial charge in [0, 0.05) is 37.1 Å². The van der Waals surface area contributed by atoms with E-state index in [9.17, 15) is 9.59 Å². The predicted molar refractivity (Wildman–Crippen MR) is 169 cm³/mol. The molecule has 6 nitrogen and oxygen atoms in total. The summed E-state index contributed by atoms with van der Waals surface area (Å²) in [5, 5.41) is 12.0. The normalized spacial score (nSPS) is 13.3. The van der Waals surface area contributed by atoms with Gasteiger partial charge in [-0.25, -0.2) is 9.78 Å². The lowest BCUT2D eigenvalue weighted by Gasteiger charge is -2.24. The molecular weight excluding hydrogens is 530 g/mol. The first kappa shape index (κ1) is 30.0. The zero-order valence-corrected chi connectivity index (χ0v) is 23.9. The maximum Gasteiger partial charge on any atom is 0.335 e. The van der Waals surface area contributed by atoms with Crippen molar-refractivity contribution in [2.75, 3.05) is 16.8 Å². The Balaban J connectivity index is 0.00000387. The number of hydrogen-bond acceptors (Lipinski definition) is 5. The fraction of sp³-hybridized carbons (Fsp3) is 0.324. The summed E-state index contributed by atoms with van der Waals surface area (Å²) in [5.74, 6) is -0.258. The molecule has 0 unspecified atom stereocenters. The molecule has 1 fully saturated rings. The van der Waals surface area contributed by atoms with Crippen molar-refractivity contribution in [3.05, 3.63) is 100 Å². The highest BCUT2D eigenvalue weighted by atomic mass is 32.1. The molecule has 0 spiro atoms. The van der Waals surface area contributed by atoms with Crippen LogP contribution in [0.15, 0.2) is 78.2 Å². The molecule has 5 rings (SSSR count). The minimum atomic E-state index is -0.928. The van der Waals surface area contributed by atoms with Gasteiger partial charge in [-0.15, -0.1) is 11.3 Å². The molecule has 0 radical (unpaired) electrons. The van der Waals surface area contributed by atoms with E-state index >= 15 is 0 Å². The van der Waals surface area contributed by atoms with Gasteiger partial charge in [0.05, 0.1) is 17.8 Å². The van der Waals surface area contributed by atoms with Crippen molar-refractivity contribution in [2.24, 2.45) is 0 Å². The summed E-state index contributed by atoms with van der Waals surface area (Å²) in [6.07, 6.45) is 6.55. The maximum absolute atomic E-state index is 12.7. The van der Waals surface area contributed by atoms with Gasteiger partial charge in [0.1, 0.15) is 0 Å². The van der Waals surface area contributed by atoms with Gasteiger partial charge < -0.3 is 14.9 Å². The predicted octanol–water partition coefficient (Wildman–Crippen LogP) is 8.38. The van der Waals surface area contributed by atoms with Crippen molar-refractivity contribution in [3.8, 4) is 11.3 Å². The molecule has 0 atom stereocenters. The lowest BCUT2D eigenvalue weighted by atomic mass is 9.84. The van der Waals surface area contributed by atoms with Crippen LogP contribution >= 0.6 is 11.3 Å². The Morgan fingerprint density at radius 3 is 2.24 bits per heavy atom. The van der Waals surface area contributed by atoms with E-state index in [0.717, 1.165) is 33.2 Å². The Hall–Kier alpha value is -3.97. The third kappa shape index (κ3) is 7.41. The molecule has 1 saturated carbocycles. The van der Waals surface area contributed by atoms with Crippen LogP contribution in [0, 0.1) is 0 Å². The van der Waals surface area contributed by atoms with Crippen molar-refractivity contribution in [2.45, 2.75) is 65.5 Å². The number of carbonyl (C=O) groups excluding carboxylic acids is 1. The number of aromatic carboxylic acids is 1. The number of anilines is 2. The van der Waals surface area contributed by atoms with Crippen LogP contribution in [0.1, 0.15) is 79.4 Å². The number of carbonyl (C=O) groups is 2. The second-order valence-electron chi connectivity index (χ2n) is 10.6. The first-order chi connectivity index (χ1) is 19.4. The van der Waals surface area contributed by atoms with Crippen LogP contribution in [0.3, 0.4) is 0 Å². The van der Waals surface area contributed by atoms with Crippen molar-refractivity contribution in [1.82, 2.24) is 4.98 Å². The summed E-state index contributed by atoms with van der Waals surface area (Å²) in [4.78, 5) is 32.5. The highest BCUT2D eigenvalue weighted by Gasteiger charge is 2.17. The molecule has 4 aromatic rings. The zero-order valence-electron chi connectivity index (χ0n) is 23.0. The molecule has 1 heterocycles. The molecule has 214 valence electrons. The summed E-state index contributed by atoms with van der Waals surface area (Å²) in [5.41, 5.74) is 6.49. The Morgan fingerprint density at radius 1 is 0.927 bits per heavy atom. The Bertz CT molecular complexity index is 1460. The number of rotatable bonds is 9. The third-order valence-electron chi connectivity index (χ3n) is 7.67. The van der Waals surface area contributed by atoms with E-state index in [1.165, 1.54) is 37.7 Å². The fourth-order valence-electron chi connectivity index (χ4n) is 5.40. The summed E-state index contributed by atoms with van der Waals surface area (Å²) >= 11 is 1.56. The standard InChI is InChI=1S/C33H35N3O3S.CH4/c1-23(37)36(21-25-11-15-27(16-12-25)26-7-4-3-5-8-26)30-10-6-9-29(19-30)31-22-40-33(34-31)35(2)20-24-13-17-28(18-14-24)32(38)39;/h6,9-19,22,26H,3-5,7-8,20-21H2,1-2H3,(H,38,39);1H4. The second kappa shape index (κ2) is 13.6. The Morgan fingerprint density at radius 2 is 1.59 bits per heavy atom. The van der Waals surface area contributed by atoms with Crippen molar-refractivity contribution in [3.63, 3.8) is 0 Å². The second-order valence-corrected chi connectivity index (χ2v) is 11.4. The average molecular weight is 570 g/mol. The number of nitrogens with zero attached hydrogens (tertiary/aromatic N) is 3. The monoisotopic (exact) mass is 569 g/mol. The molecule has 7 heteroatoms. The molecule has 0 saturated heterocycles. The highest BCUT2D eigenvalue weighted by molar-refractivity contribution is 7.14. The van der Waals surface area contributed by atoms with Gasteiger partial charge in [0.2, 0.25) is 5.91 Å². The summed E-state index contributed by atoms with van der Waals surface area (Å²) < 4.78 is 0. The molecule has 1 amide bonds. The van der Waals surface area contributed by atoms with Crippen LogP contribution in [0.5, 0.6) is 0 Å². The first-order valence-corrected chi connectivity index (χ1v) is 14.7. The number of thiazole rings is 1. The van der Waals surface area contributed by atoms with Crippen LogP contribution in [0.4, 0.5) is 10.8 Å². The molecule has 0 aliphatic heterocycles. The van der Waals surface area contributed by atoms with E-state index in [-0.39, 0.29) is 18.9 Å². The molecular formula is C34H39N3O3S. The first-order valence-electron chi connectivity index (χ1n) is 13.8. The van der Waals surface area contributed by atoms with Gasteiger partial charge in [-0.3, -0.25) is 4.79 Å². The molecule has 1 N–H and O–H groups in total. The molecule has 1 aliphatic rings. The van der Waals surface area contributed by atoms with Crippen LogP contribution < -0.4 is 9.80 Å². The molecule has 41 heavy (non-hydrogen) atoms. The number of carboxylic acids is 1. The smallest absolute Gasteiger partial charge is 0.335 e. The lowest BCUT2D eigenvalue weighted by molar-refractivity contribution is -0.116. The molecule has 1 aliphatic carbocycles. The van der Waals surface area contributed by atoms with E-state index in [4.69, 9.17) is 10.1 Å². The fourth-order valence-corrected chi connectivity index (χ4v) is 6.20. The number of aromatic nitrogens is 1. The highest BCUT2D eigenvalue weighted by Crippen LogP contribution is 2.33. The van der Waals surface area contributed by atoms with Gasteiger partial charge in [-0.2, -0.15) is 0 Å². The van der Waals surface area contributed by atoms with Crippen LogP contribution in [-0.2, 0) is 17.9 Å². The van der Waals surface area contributed by atoms with Crippen molar-refractivity contribution < 1.29 is 14.7 Å². The third-order valence-corrected chi connectivity index (χ3v) is 8.62. The minimum absolute atomic E-state index is 0. The van der Waals surface area contributed by atoms with Crippen LogP contribution in [0.25, 0.3) is 11.3 Å². The van der Waals surface area contributed by atoms with E-state index in [0.29, 0.717) is 19.0 Å². The molecule has 3 aromatic carbocycles. The number of carboxylic acid groups (broad SMARTS) is 1. The SMILES string of the molecule is C.CC(=O)N(Cc1ccc(C2CCCCC2)cc1)c1cccc(-c2csc(N(C)Cc3ccc(C(=O)O)cc3)n2)c1. The van der Waals surface area contributed by atoms with Crippen molar-refractivity contribution >= 4 is 34.0 Å². The lowest BCUT2D eigenvalue weighted by Crippen LogP contribution is -2.27. The maximum atomic E-state index is 12.7. The summed E-state index contributed by atoms with van der Waals surface area (Å²) in [6, 6.07) is 23.7. The Labute approximate surface area is 247 Å². The average Bonchev–Trinajstić information content (AvgIpc) is 3.48. The quantitative estimate of drug-likeness (QED) is 0.219. The van der Waals surface area contributed by atoms with Gasteiger partial charge in [0.25, 0.3) is 0 Å². The van der Waals surface area contributed by atoms with E-state index < -0.39 is 5.97 Å². The molecule has 0 bridgehead atoms. The summed E-state index contributed by atoms with van der Waals surface area (Å²) in [6.45, 7) is 2.75. The minimum Gasteiger partial charge on any atom is -0.478 e. The van der Waals surface area contributed by atoms with E-state index in [1.807, 2.05) is 58.6 Å².